The molecule has 1 aromatic heterocycles. The van der Waals surface area contributed by atoms with E-state index in [1.165, 1.54) is 25.5 Å². The van der Waals surface area contributed by atoms with Crippen LogP contribution in [0.4, 0.5) is 11.4 Å². The summed E-state index contributed by atoms with van der Waals surface area (Å²) in [7, 11) is 0. The molecule has 0 saturated carbocycles. The molecule has 6 heteroatoms. The van der Waals surface area contributed by atoms with Crippen molar-refractivity contribution in [1.82, 2.24) is 5.32 Å². The fraction of sp³-hybridized carbons (Fsp3) is 0.400. The molecule has 0 aliphatic rings. The van der Waals surface area contributed by atoms with Gasteiger partial charge in [0.25, 0.3) is 5.91 Å². The van der Waals surface area contributed by atoms with Gasteiger partial charge in [-0.25, -0.2) is 0 Å². The highest BCUT2D eigenvalue weighted by atomic mass is 16.3. The van der Waals surface area contributed by atoms with E-state index in [0.717, 1.165) is 18.5 Å². The van der Waals surface area contributed by atoms with Crippen LogP contribution in [0.5, 0.6) is 0 Å². The third kappa shape index (κ3) is 7.01. The zero-order valence-electron chi connectivity index (χ0n) is 15.2. The fourth-order valence-corrected chi connectivity index (χ4v) is 2.51. The number of furan rings is 1. The maximum atomic E-state index is 12.0. The van der Waals surface area contributed by atoms with Crippen LogP contribution in [-0.2, 0) is 4.79 Å². The lowest BCUT2D eigenvalue weighted by atomic mass is 10.1. The van der Waals surface area contributed by atoms with Gasteiger partial charge in [-0.15, -0.1) is 0 Å². The summed E-state index contributed by atoms with van der Waals surface area (Å²) in [6.07, 6.45) is 7.31. The maximum Gasteiger partial charge on any atom is 0.291 e. The van der Waals surface area contributed by atoms with Crippen LogP contribution in [0, 0.1) is 0 Å². The summed E-state index contributed by atoms with van der Waals surface area (Å²) in [5.41, 5.74) is 1.40. The average molecular weight is 357 g/mol. The van der Waals surface area contributed by atoms with E-state index < -0.39 is 0 Å². The van der Waals surface area contributed by atoms with Gasteiger partial charge in [-0.1, -0.05) is 38.7 Å². The van der Waals surface area contributed by atoms with Gasteiger partial charge in [-0.2, -0.15) is 0 Å². The van der Waals surface area contributed by atoms with Gasteiger partial charge >= 0.3 is 0 Å². The van der Waals surface area contributed by atoms with Crippen molar-refractivity contribution in [2.45, 2.75) is 39.0 Å². The van der Waals surface area contributed by atoms with E-state index in [-0.39, 0.29) is 24.1 Å². The van der Waals surface area contributed by atoms with Crippen molar-refractivity contribution >= 4 is 23.2 Å². The lowest BCUT2D eigenvalue weighted by Crippen LogP contribution is -2.30. The molecule has 0 unspecified atom stereocenters. The molecular weight excluding hydrogens is 330 g/mol. The largest absolute Gasteiger partial charge is 0.459 e. The molecule has 26 heavy (non-hydrogen) atoms. The van der Waals surface area contributed by atoms with Crippen molar-refractivity contribution in [1.29, 1.82) is 0 Å². The summed E-state index contributed by atoms with van der Waals surface area (Å²) in [6, 6.07) is 10.5. The van der Waals surface area contributed by atoms with Crippen LogP contribution in [0.25, 0.3) is 0 Å². The van der Waals surface area contributed by atoms with E-state index in [2.05, 4.69) is 22.9 Å². The molecule has 2 amide bonds. The Morgan fingerprint density at radius 3 is 2.58 bits per heavy atom. The molecular formula is C20H27N3O3. The maximum absolute atomic E-state index is 12.0. The summed E-state index contributed by atoms with van der Waals surface area (Å²) < 4.78 is 5.06. The van der Waals surface area contributed by atoms with Crippen molar-refractivity contribution in [3.05, 3.63) is 48.4 Å². The smallest absolute Gasteiger partial charge is 0.291 e. The van der Waals surface area contributed by atoms with Crippen molar-refractivity contribution in [3.8, 4) is 0 Å². The number of hydrogen-bond donors (Lipinski definition) is 3. The molecule has 0 aliphatic heterocycles. The normalized spacial score (nSPS) is 10.3. The highest BCUT2D eigenvalue weighted by molar-refractivity contribution is 6.02. The lowest BCUT2D eigenvalue weighted by molar-refractivity contribution is -0.119. The van der Waals surface area contributed by atoms with Crippen LogP contribution in [0.15, 0.2) is 47.1 Å². The van der Waals surface area contributed by atoms with Crippen molar-refractivity contribution in [2.75, 3.05) is 23.7 Å². The Morgan fingerprint density at radius 2 is 1.81 bits per heavy atom. The molecule has 140 valence electrons. The minimum atomic E-state index is -0.312. The molecule has 0 radical (unpaired) electrons. The van der Waals surface area contributed by atoms with Gasteiger partial charge in [0, 0.05) is 17.9 Å². The number of carbonyl (C=O) groups is 2. The number of carbonyl (C=O) groups excluding carboxylic acids is 2. The molecule has 0 saturated heterocycles. The first-order chi connectivity index (χ1) is 12.7. The summed E-state index contributed by atoms with van der Waals surface area (Å²) in [6.45, 7) is 3.10. The van der Waals surface area contributed by atoms with E-state index in [1.54, 1.807) is 24.3 Å². The quantitative estimate of drug-likeness (QED) is 0.530. The Hall–Kier alpha value is -2.76. The van der Waals surface area contributed by atoms with Crippen LogP contribution in [-0.4, -0.2) is 24.9 Å². The highest BCUT2D eigenvalue weighted by Crippen LogP contribution is 2.16. The fourth-order valence-electron chi connectivity index (χ4n) is 2.51. The third-order valence-electron chi connectivity index (χ3n) is 3.92. The topological polar surface area (TPSA) is 83.4 Å². The summed E-state index contributed by atoms with van der Waals surface area (Å²) >= 11 is 0. The first-order valence-corrected chi connectivity index (χ1v) is 9.14. The Morgan fingerprint density at radius 1 is 1.00 bits per heavy atom. The first kappa shape index (κ1) is 19.6. The van der Waals surface area contributed by atoms with Crippen LogP contribution < -0.4 is 16.0 Å². The molecule has 0 spiro atoms. The minimum Gasteiger partial charge on any atom is -0.459 e. The van der Waals surface area contributed by atoms with E-state index >= 15 is 0 Å². The first-order valence-electron chi connectivity index (χ1n) is 9.14. The number of hydrogen-bond acceptors (Lipinski definition) is 4. The second-order valence-electron chi connectivity index (χ2n) is 6.13. The molecule has 1 aromatic carbocycles. The highest BCUT2D eigenvalue weighted by Gasteiger charge is 2.09. The zero-order valence-corrected chi connectivity index (χ0v) is 15.2. The number of nitrogens with one attached hydrogen (secondary N) is 3. The van der Waals surface area contributed by atoms with Gasteiger partial charge in [0.2, 0.25) is 5.91 Å². The van der Waals surface area contributed by atoms with Crippen LogP contribution in [0.3, 0.4) is 0 Å². The molecule has 2 rings (SSSR count). The minimum absolute atomic E-state index is 0.0366. The van der Waals surface area contributed by atoms with Crippen LogP contribution in [0.1, 0.15) is 49.6 Å². The van der Waals surface area contributed by atoms with Crippen LogP contribution >= 0.6 is 0 Å². The van der Waals surface area contributed by atoms with Gasteiger partial charge in [-0.05, 0) is 36.8 Å². The SMILES string of the molecule is CCCCCCCNC(=O)CNc1cccc(NC(=O)c2ccco2)c1. The van der Waals surface area contributed by atoms with E-state index in [9.17, 15) is 9.59 Å². The molecule has 0 fully saturated rings. The zero-order chi connectivity index (χ0) is 18.6. The van der Waals surface area contributed by atoms with Crippen LogP contribution in [0.2, 0.25) is 0 Å². The predicted octanol–water partition coefficient (Wildman–Crippen LogP) is 4.03. The van der Waals surface area contributed by atoms with Gasteiger partial charge < -0.3 is 20.4 Å². The van der Waals surface area contributed by atoms with Gasteiger partial charge in [0.15, 0.2) is 5.76 Å². The van der Waals surface area contributed by atoms with Crippen molar-refractivity contribution < 1.29 is 14.0 Å². The molecule has 3 N–H and O–H groups in total. The standard InChI is InChI=1S/C20H27N3O3/c1-2-3-4-5-6-12-21-19(24)15-22-16-9-7-10-17(14-16)23-20(25)18-11-8-13-26-18/h7-11,13-14,22H,2-6,12,15H2,1H3,(H,21,24)(H,23,25). The number of rotatable bonds is 11. The number of benzene rings is 1. The Bertz CT molecular complexity index is 683. The van der Waals surface area contributed by atoms with Gasteiger partial charge in [-0.3, -0.25) is 9.59 Å². The number of unbranched alkanes of at least 4 members (excludes halogenated alkanes) is 4. The van der Waals surface area contributed by atoms with Crippen molar-refractivity contribution in [2.24, 2.45) is 0 Å². The van der Waals surface area contributed by atoms with Gasteiger partial charge in [0.05, 0.1) is 12.8 Å². The average Bonchev–Trinajstić information content (AvgIpc) is 3.18. The summed E-state index contributed by atoms with van der Waals surface area (Å²) in [5.74, 6) is -0.0971. The second-order valence-corrected chi connectivity index (χ2v) is 6.13. The monoisotopic (exact) mass is 357 g/mol. The van der Waals surface area contributed by atoms with E-state index in [4.69, 9.17) is 4.42 Å². The molecule has 6 nitrogen and oxygen atoms in total. The Balaban J connectivity index is 1.71. The predicted molar refractivity (Wildman–Crippen MR) is 103 cm³/mol. The third-order valence-corrected chi connectivity index (χ3v) is 3.92. The summed E-state index contributed by atoms with van der Waals surface area (Å²) in [5, 5.41) is 8.74. The van der Waals surface area contributed by atoms with Gasteiger partial charge in [0.1, 0.15) is 0 Å². The molecule has 0 aliphatic carbocycles. The molecule has 1 heterocycles. The van der Waals surface area contributed by atoms with Crippen molar-refractivity contribution in [3.63, 3.8) is 0 Å². The Kier molecular flexibility index (Phi) is 8.26. The van der Waals surface area contributed by atoms with E-state index in [1.807, 2.05) is 12.1 Å². The number of amides is 2. The van der Waals surface area contributed by atoms with E-state index in [0.29, 0.717) is 12.2 Å². The Labute approximate surface area is 154 Å². The molecule has 0 bridgehead atoms. The molecule has 0 atom stereocenters. The second kappa shape index (κ2) is 11.0. The molecule has 2 aromatic rings. The lowest BCUT2D eigenvalue weighted by Gasteiger charge is -2.10. The summed E-state index contributed by atoms with van der Waals surface area (Å²) in [4.78, 5) is 23.8. The number of anilines is 2.